The Labute approximate surface area is 149 Å². The molecule has 140 valence electrons. The predicted molar refractivity (Wildman–Crippen MR) is 94.1 cm³/mol. The minimum absolute atomic E-state index is 0.0347. The van der Waals surface area contributed by atoms with Gasteiger partial charge in [0.1, 0.15) is 11.6 Å². The molecule has 2 N–H and O–H groups in total. The first-order chi connectivity index (χ1) is 11.8. The summed E-state index contributed by atoms with van der Waals surface area (Å²) in [6.45, 7) is 6.38. The molecular weight excluding hydrogens is 324 g/mol. The van der Waals surface area contributed by atoms with Crippen LogP contribution in [-0.2, 0) is 25.6 Å². The van der Waals surface area contributed by atoms with Crippen LogP contribution in [0.1, 0.15) is 26.3 Å². The van der Waals surface area contributed by atoms with Crippen molar-refractivity contribution >= 4 is 12.0 Å². The molecule has 0 spiro atoms. The van der Waals surface area contributed by atoms with Gasteiger partial charge in [0.25, 0.3) is 0 Å². The summed E-state index contributed by atoms with van der Waals surface area (Å²) in [4.78, 5) is 24.2. The second kappa shape index (κ2) is 10.7. The molecule has 1 rings (SSSR count). The summed E-state index contributed by atoms with van der Waals surface area (Å²) in [6, 6.07) is 8.73. The maximum Gasteiger partial charge on any atom is 0.408 e. The molecule has 0 aliphatic rings. The van der Waals surface area contributed by atoms with Crippen LogP contribution in [0.15, 0.2) is 30.3 Å². The van der Waals surface area contributed by atoms with Crippen LogP contribution < -0.4 is 10.6 Å². The number of ether oxygens (including phenoxy) is 3. The summed E-state index contributed by atoms with van der Waals surface area (Å²) in [5.74, 6) is -0.351. The van der Waals surface area contributed by atoms with Gasteiger partial charge in [-0.3, -0.25) is 4.79 Å². The van der Waals surface area contributed by atoms with Gasteiger partial charge in [0.05, 0.1) is 19.8 Å². The molecule has 1 aromatic carbocycles. The highest BCUT2D eigenvalue weighted by atomic mass is 16.6. The predicted octanol–water partition coefficient (Wildman–Crippen LogP) is 1.86. The third kappa shape index (κ3) is 9.69. The third-order valence-electron chi connectivity index (χ3n) is 3.01. The lowest BCUT2D eigenvalue weighted by molar-refractivity contribution is -0.125. The van der Waals surface area contributed by atoms with Crippen LogP contribution in [0, 0.1) is 0 Å². The zero-order valence-corrected chi connectivity index (χ0v) is 15.3. The largest absolute Gasteiger partial charge is 0.444 e. The van der Waals surface area contributed by atoms with Crippen LogP contribution in [0.2, 0.25) is 0 Å². The fourth-order valence-electron chi connectivity index (χ4n) is 1.90. The van der Waals surface area contributed by atoms with E-state index in [0.717, 1.165) is 5.56 Å². The Bertz CT molecular complexity index is 528. The van der Waals surface area contributed by atoms with Gasteiger partial charge in [-0.1, -0.05) is 30.3 Å². The van der Waals surface area contributed by atoms with Crippen molar-refractivity contribution in [1.82, 2.24) is 10.6 Å². The molecule has 7 nitrogen and oxygen atoms in total. The lowest BCUT2D eigenvalue weighted by atomic mass is 10.2. The van der Waals surface area contributed by atoms with E-state index in [0.29, 0.717) is 19.8 Å². The average Bonchev–Trinajstić information content (AvgIpc) is 2.53. The number of methoxy groups -OCH3 is 1. The maximum atomic E-state index is 12.2. The van der Waals surface area contributed by atoms with E-state index in [1.165, 1.54) is 0 Å². The monoisotopic (exact) mass is 352 g/mol. The van der Waals surface area contributed by atoms with Crippen molar-refractivity contribution in [1.29, 1.82) is 0 Å². The molecule has 0 aromatic heterocycles. The van der Waals surface area contributed by atoms with E-state index < -0.39 is 17.7 Å². The number of hydrogen-bond donors (Lipinski definition) is 2. The molecule has 0 fully saturated rings. The summed E-state index contributed by atoms with van der Waals surface area (Å²) in [7, 11) is 1.55. The van der Waals surface area contributed by atoms with Gasteiger partial charge in [-0.15, -0.1) is 0 Å². The SMILES string of the molecule is COCCNC(=O)[C@@H](COCc1ccccc1)NC(=O)OC(C)(C)C. The molecule has 0 radical (unpaired) electrons. The van der Waals surface area contributed by atoms with Crippen LogP contribution in [0.5, 0.6) is 0 Å². The van der Waals surface area contributed by atoms with E-state index in [-0.39, 0.29) is 12.5 Å². The van der Waals surface area contributed by atoms with Crippen LogP contribution in [-0.4, -0.2) is 50.5 Å². The summed E-state index contributed by atoms with van der Waals surface area (Å²) < 4.78 is 15.7. The highest BCUT2D eigenvalue weighted by molar-refractivity contribution is 5.85. The minimum Gasteiger partial charge on any atom is -0.444 e. The zero-order valence-electron chi connectivity index (χ0n) is 15.3. The molecule has 0 unspecified atom stereocenters. The van der Waals surface area contributed by atoms with Crippen LogP contribution in [0.3, 0.4) is 0 Å². The van der Waals surface area contributed by atoms with Gasteiger partial charge in [-0.05, 0) is 26.3 Å². The van der Waals surface area contributed by atoms with E-state index in [4.69, 9.17) is 14.2 Å². The number of alkyl carbamates (subject to hydrolysis) is 1. The first-order valence-electron chi connectivity index (χ1n) is 8.19. The Balaban J connectivity index is 2.56. The number of carbonyl (C=O) groups is 2. The summed E-state index contributed by atoms with van der Waals surface area (Å²) in [5.41, 5.74) is 0.338. The first kappa shape index (κ1) is 20.9. The fourth-order valence-corrected chi connectivity index (χ4v) is 1.90. The normalized spacial score (nSPS) is 12.3. The van der Waals surface area contributed by atoms with Crippen molar-refractivity contribution in [3.05, 3.63) is 35.9 Å². The Morgan fingerprint density at radius 2 is 1.84 bits per heavy atom. The summed E-state index contributed by atoms with van der Waals surface area (Å²) >= 11 is 0. The van der Waals surface area contributed by atoms with E-state index in [9.17, 15) is 9.59 Å². The number of hydrogen-bond acceptors (Lipinski definition) is 5. The molecule has 25 heavy (non-hydrogen) atoms. The average molecular weight is 352 g/mol. The molecule has 1 atom stereocenters. The number of nitrogens with one attached hydrogen (secondary N) is 2. The van der Waals surface area contributed by atoms with Crippen molar-refractivity contribution < 1.29 is 23.8 Å². The quantitative estimate of drug-likeness (QED) is 0.663. The number of amides is 2. The second-order valence-electron chi connectivity index (χ2n) is 6.48. The molecule has 7 heteroatoms. The Morgan fingerprint density at radius 3 is 2.44 bits per heavy atom. The van der Waals surface area contributed by atoms with Gasteiger partial charge in [-0.25, -0.2) is 4.79 Å². The van der Waals surface area contributed by atoms with Gasteiger partial charge in [0.2, 0.25) is 5.91 Å². The molecule has 0 bridgehead atoms. The third-order valence-corrected chi connectivity index (χ3v) is 3.01. The molecule has 1 aromatic rings. The van der Waals surface area contributed by atoms with E-state index in [2.05, 4.69) is 10.6 Å². The minimum atomic E-state index is -0.851. The first-order valence-corrected chi connectivity index (χ1v) is 8.19. The lowest BCUT2D eigenvalue weighted by Crippen LogP contribution is -2.51. The Hall–Kier alpha value is -2.12. The molecule has 0 aliphatic carbocycles. The molecule has 0 aliphatic heterocycles. The van der Waals surface area contributed by atoms with Gasteiger partial charge < -0.3 is 24.8 Å². The van der Waals surface area contributed by atoms with Gasteiger partial charge in [0.15, 0.2) is 0 Å². The van der Waals surface area contributed by atoms with E-state index >= 15 is 0 Å². The van der Waals surface area contributed by atoms with Crippen molar-refractivity contribution in [2.24, 2.45) is 0 Å². The van der Waals surface area contributed by atoms with Crippen LogP contribution in [0.25, 0.3) is 0 Å². The van der Waals surface area contributed by atoms with Crippen molar-refractivity contribution in [2.45, 2.75) is 39.0 Å². The van der Waals surface area contributed by atoms with Crippen LogP contribution in [0.4, 0.5) is 4.79 Å². The van der Waals surface area contributed by atoms with Gasteiger partial charge in [-0.2, -0.15) is 0 Å². The zero-order chi connectivity index (χ0) is 18.7. The second-order valence-corrected chi connectivity index (χ2v) is 6.48. The topological polar surface area (TPSA) is 85.9 Å². The fraction of sp³-hybridized carbons (Fsp3) is 0.556. The molecule has 2 amide bonds. The van der Waals surface area contributed by atoms with Crippen molar-refractivity contribution in [3.63, 3.8) is 0 Å². The molecular formula is C18H28N2O5. The van der Waals surface area contributed by atoms with Gasteiger partial charge in [0, 0.05) is 13.7 Å². The standard InChI is InChI=1S/C18H28N2O5/c1-18(2,3)25-17(22)20-15(16(21)19-10-11-23-4)13-24-12-14-8-6-5-7-9-14/h5-9,15H,10-13H2,1-4H3,(H,19,21)(H,20,22)/t15-/m1/s1. The molecule has 0 heterocycles. The van der Waals surface area contributed by atoms with E-state index in [1.807, 2.05) is 30.3 Å². The van der Waals surface area contributed by atoms with E-state index in [1.54, 1.807) is 27.9 Å². The Morgan fingerprint density at radius 1 is 1.16 bits per heavy atom. The van der Waals surface area contributed by atoms with Gasteiger partial charge >= 0.3 is 6.09 Å². The van der Waals surface area contributed by atoms with Crippen molar-refractivity contribution in [2.75, 3.05) is 26.9 Å². The summed E-state index contributed by atoms with van der Waals surface area (Å²) in [6.07, 6.45) is -0.664. The highest BCUT2D eigenvalue weighted by Gasteiger charge is 2.24. The summed E-state index contributed by atoms with van der Waals surface area (Å²) in [5, 5.41) is 5.23. The number of rotatable bonds is 9. The Kier molecular flexibility index (Phi) is 8.94. The number of benzene rings is 1. The molecule has 0 saturated heterocycles. The smallest absolute Gasteiger partial charge is 0.408 e. The number of carbonyl (C=O) groups excluding carboxylic acids is 2. The maximum absolute atomic E-state index is 12.2. The molecule has 0 saturated carbocycles. The van der Waals surface area contributed by atoms with Crippen molar-refractivity contribution in [3.8, 4) is 0 Å². The highest BCUT2D eigenvalue weighted by Crippen LogP contribution is 2.07. The van der Waals surface area contributed by atoms with Crippen LogP contribution >= 0.6 is 0 Å². The lowest BCUT2D eigenvalue weighted by Gasteiger charge is -2.23.